The van der Waals surface area contributed by atoms with E-state index in [1.165, 1.54) is 24.3 Å². The number of benzene rings is 3. The molecule has 56 heavy (non-hydrogen) atoms. The largest absolute Gasteiger partial charge is 0.417 e. The van der Waals surface area contributed by atoms with Crippen LogP contribution in [0.1, 0.15) is 61.2 Å². The molecule has 2 aliphatic rings. The summed E-state index contributed by atoms with van der Waals surface area (Å²) in [6, 6.07) is 12.2. The summed E-state index contributed by atoms with van der Waals surface area (Å²) >= 11 is 0. The van der Waals surface area contributed by atoms with Crippen LogP contribution in [0.5, 0.6) is 0 Å². The van der Waals surface area contributed by atoms with Crippen molar-refractivity contribution in [3.8, 4) is 42.5 Å². The lowest BCUT2D eigenvalue weighted by molar-refractivity contribution is -0.162. The van der Waals surface area contributed by atoms with E-state index in [0.717, 1.165) is 6.07 Å². The van der Waals surface area contributed by atoms with E-state index in [9.17, 15) is 89.5 Å². The van der Waals surface area contributed by atoms with E-state index < -0.39 is 130 Å². The van der Waals surface area contributed by atoms with Crippen LogP contribution >= 0.6 is 0 Å². The van der Waals surface area contributed by atoms with Crippen LogP contribution in [0.3, 0.4) is 0 Å². The van der Waals surface area contributed by atoms with E-state index in [1.807, 2.05) is 0 Å². The summed E-state index contributed by atoms with van der Waals surface area (Å²) in [6.07, 6.45) is -22.5. The Labute approximate surface area is 304 Å². The molecule has 0 aliphatic heterocycles. The SMILES string of the molecule is N#CC(C#N)=C1C(c2ccc(C(F)(F)F)c(C(F)(F)F)c2)=C(C#N)c2c1cc1c(c2C#N)C(=C(C#N)C#N)C(c2ccc(C(F)(F)F)c(C(F)(F)F)c2)=C1C#N. The molecule has 5 rings (SSSR count). The highest BCUT2D eigenvalue weighted by atomic mass is 19.4. The Morgan fingerprint density at radius 1 is 0.411 bits per heavy atom. The molecule has 0 radical (unpaired) electrons. The zero-order chi connectivity index (χ0) is 41.9. The monoisotopic (exact) mass is 777 g/mol. The van der Waals surface area contributed by atoms with Crippen LogP contribution in [-0.2, 0) is 24.7 Å². The van der Waals surface area contributed by atoms with E-state index in [2.05, 4.69) is 0 Å². The molecular formula is C37H7F12N7. The second-order valence-corrected chi connectivity index (χ2v) is 11.4. The van der Waals surface area contributed by atoms with Gasteiger partial charge in [-0.05, 0) is 47.0 Å². The fourth-order valence-corrected chi connectivity index (χ4v) is 6.43. The van der Waals surface area contributed by atoms with E-state index in [-0.39, 0.29) is 24.3 Å². The molecule has 0 amide bonds. The van der Waals surface area contributed by atoms with E-state index in [4.69, 9.17) is 0 Å². The maximum Gasteiger partial charge on any atom is 0.417 e. The Kier molecular flexibility index (Phi) is 9.33. The molecule has 0 spiro atoms. The molecule has 0 unspecified atom stereocenters. The first kappa shape index (κ1) is 39.4. The van der Waals surface area contributed by atoms with Crippen LogP contribution in [0, 0.1) is 79.3 Å². The summed E-state index contributed by atoms with van der Waals surface area (Å²) in [4.78, 5) is 0. The first-order valence-corrected chi connectivity index (χ1v) is 14.6. The van der Waals surface area contributed by atoms with Crippen molar-refractivity contribution in [1.29, 1.82) is 36.8 Å². The quantitative estimate of drug-likeness (QED) is 0.184. The zero-order valence-electron chi connectivity index (χ0n) is 26.7. The topological polar surface area (TPSA) is 167 Å². The second-order valence-electron chi connectivity index (χ2n) is 11.4. The average molecular weight is 777 g/mol. The summed E-state index contributed by atoms with van der Waals surface area (Å²) in [6.45, 7) is 0. The maximum absolute atomic E-state index is 14.0. The number of alkyl halides is 12. The van der Waals surface area contributed by atoms with Crippen LogP contribution in [0.4, 0.5) is 52.7 Å². The van der Waals surface area contributed by atoms with Crippen molar-refractivity contribution in [3.63, 3.8) is 0 Å². The summed E-state index contributed by atoms with van der Waals surface area (Å²) < 4.78 is 166. The average Bonchev–Trinajstić information content (AvgIpc) is 3.62. The highest BCUT2D eigenvalue weighted by Crippen LogP contribution is 2.57. The Hall–Kier alpha value is -7.79. The Morgan fingerprint density at radius 2 is 0.804 bits per heavy atom. The van der Waals surface area contributed by atoms with Crippen molar-refractivity contribution in [1.82, 2.24) is 0 Å². The molecule has 3 aromatic carbocycles. The van der Waals surface area contributed by atoms with Crippen LogP contribution < -0.4 is 0 Å². The van der Waals surface area contributed by atoms with Crippen LogP contribution in [-0.4, -0.2) is 0 Å². The fourth-order valence-electron chi connectivity index (χ4n) is 6.43. The highest BCUT2D eigenvalue weighted by molar-refractivity contribution is 6.31. The molecule has 0 saturated heterocycles. The Morgan fingerprint density at radius 3 is 1.16 bits per heavy atom. The third-order valence-electron chi connectivity index (χ3n) is 8.49. The number of hydrogen-bond acceptors (Lipinski definition) is 7. The van der Waals surface area contributed by atoms with Gasteiger partial charge in [0.1, 0.15) is 53.6 Å². The minimum absolute atomic E-state index is 0.0133. The normalized spacial score (nSPS) is 13.7. The number of hydrogen-bond donors (Lipinski definition) is 0. The van der Waals surface area contributed by atoms with Gasteiger partial charge in [-0.3, -0.25) is 0 Å². The van der Waals surface area contributed by atoms with Crippen LogP contribution in [0.2, 0.25) is 0 Å². The van der Waals surface area contributed by atoms with E-state index >= 15 is 0 Å². The van der Waals surface area contributed by atoms with Crippen molar-refractivity contribution in [2.75, 3.05) is 0 Å². The number of nitriles is 7. The minimum atomic E-state index is -5.67. The predicted molar refractivity (Wildman–Crippen MR) is 165 cm³/mol. The number of rotatable bonds is 2. The number of halogens is 12. The van der Waals surface area contributed by atoms with E-state index in [1.54, 1.807) is 18.2 Å². The van der Waals surface area contributed by atoms with Crippen molar-refractivity contribution < 1.29 is 52.7 Å². The van der Waals surface area contributed by atoms with Gasteiger partial charge in [-0.1, -0.05) is 12.1 Å². The lowest BCUT2D eigenvalue weighted by Crippen LogP contribution is -2.16. The molecule has 7 nitrogen and oxygen atoms in total. The molecule has 0 aromatic heterocycles. The molecule has 0 bridgehead atoms. The van der Waals surface area contributed by atoms with Gasteiger partial charge in [-0.25, -0.2) is 0 Å². The maximum atomic E-state index is 14.0. The van der Waals surface area contributed by atoms with Gasteiger partial charge in [0.05, 0.1) is 39.0 Å². The molecule has 274 valence electrons. The van der Waals surface area contributed by atoms with Gasteiger partial charge in [0, 0.05) is 39.0 Å². The van der Waals surface area contributed by atoms with Crippen LogP contribution in [0.15, 0.2) is 53.6 Å². The van der Waals surface area contributed by atoms with Gasteiger partial charge < -0.3 is 0 Å². The standard InChI is InChI=1S/C37H7F12N7/c38-34(39,40)24-3-1-15(5-26(24)36(44,45)46)28-21(12-54)19-7-20-30(17(8-50)9-51)29(16-2-4-25(35(41,42)43)27(6-16)37(47,48)49)22(13-55)32(20)23(14-56)33(19)31(28)18(10-52)11-53/h1-7H. The van der Waals surface area contributed by atoms with Gasteiger partial charge >= 0.3 is 24.7 Å². The summed E-state index contributed by atoms with van der Waals surface area (Å²) in [7, 11) is 0. The molecule has 0 heterocycles. The molecule has 0 saturated carbocycles. The van der Waals surface area contributed by atoms with Crippen molar-refractivity contribution in [3.05, 3.63) is 115 Å². The Balaban J connectivity index is 2.00. The molecule has 2 aliphatic carbocycles. The molecule has 0 atom stereocenters. The van der Waals surface area contributed by atoms with Gasteiger partial charge in [0.25, 0.3) is 0 Å². The lowest BCUT2D eigenvalue weighted by atomic mass is 9.85. The highest BCUT2D eigenvalue weighted by Gasteiger charge is 2.47. The molecule has 0 N–H and O–H groups in total. The second kappa shape index (κ2) is 13.3. The third-order valence-corrected chi connectivity index (χ3v) is 8.49. The molecular weight excluding hydrogens is 770 g/mol. The smallest absolute Gasteiger partial charge is 0.192 e. The first-order valence-electron chi connectivity index (χ1n) is 14.6. The minimum Gasteiger partial charge on any atom is -0.192 e. The number of fused-ring (bicyclic) bond motifs is 2. The molecule has 3 aromatic rings. The van der Waals surface area contributed by atoms with Gasteiger partial charge in [0.15, 0.2) is 0 Å². The number of allylic oxidation sites excluding steroid dienone is 8. The first-order chi connectivity index (χ1) is 26.0. The van der Waals surface area contributed by atoms with Gasteiger partial charge in [-0.15, -0.1) is 0 Å². The molecule has 19 heteroatoms. The third kappa shape index (κ3) is 6.12. The van der Waals surface area contributed by atoms with E-state index in [0.29, 0.717) is 12.1 Å². The fraction of sp³-hybridized carbons (Fsp3) is 0.108. The van der Waals surface area contributed by atoms with Crippen molar-refractivity contribution in [2.45, 2.75) is 24.7 Å². The molecule has 0 fully saturated rings. The summed E-state index contributed by atoms with van der Waals surface area (Å²) in [5, 5.41) is 70.8. The van der Waals surface area contributed by atoms with Crippen molar-refractivity contribution >= 4 is 33.4 Å². The predicted octanol–water partition coefficient (Wildman–Crippen LogP) is 10.1. The zero-order valence-corrected chi connectivity index (χ0v) is 26.7. The van der Waals surface area contributed by atoms with Crippen molar-refractivity contribution in [2.24, 2.45) is 0 Å². The van der Waals surface area contributed by atoms with Gasteiger partial charge in [-0.2, -0.15) is 89.5 Å². The van der Waals surface area contributed by atoms with Crippen LogP contribution in [0.25, 0.3) is 33.4 Å². The lowest BCUT2D eigenvalue weighted by Gasteiger charge is -2.18. The Bertz CT molecular complexity index is 2730. The summed E-state index contributed by atoms with van der Waals surface area (Å²) in [5.41, 5.74) is -20.4. The van der Waals surface area contributed by atoms with Gasteiger partial charge in [0.2, 0.25) is 0 Å². The summed E-state index contributed by atoms with van der Waals surface area (Å²) in [5.74, 6) is 0. The number of nitrogens with zero attached hydrogens (tertiary/aromatic N) is 7.